The first kappa shape index (κ1) is 11.9. The maximum atomic E-state index is 12.1. The van der Waals surface area contributed by atoms with E-state index in [4.69, 9.17) is 0 Å². The van der Waals surface area contributed by atoms with Gasteiger partial charge in [-0.1, -0.05) is 12.1 Å². The predicted molar refractivity (Wildman–Crippen MR) is 71.0 cm³/mol. The average molecular weight is 257 g/mol. The van der Waals surface area contributed by atoms with Gasteiger partial charge in [0.2, 0.25) is 5.91 Å². The highest BCUT2D eigenvalue weighted by atomic mass is 16.2. The second-order valence-electron chi connectivity index (χ2n) is 4.50. The summed E-state index contributed by atoms with van der Waals surface area (Å²) in [7, 11) is 0. The number of aromatic nitrogens is 3. The van der Waals surface area contributed by atoms with Crippen LogP contribution in [0, 0.1) is 0 Å². The third-order valence-corrected chi connectivity index (χ3v) is 3.20. The van der Waals surface area contributed by atoms with E-state index in [2.05, 4.69) is 20.7 Å². The molecule has 2 heterocycles. The van der Waals surface area contributed by atoms with Gasteiger partial charge < -0.3 is 10.6 Å². The summed E-state index contributed by atoms with van der Waals surface area (Å²) in [6, 6.07) is 7.46. The summed E-state index contributed by atoms with van der Waals surface area (Å²) in [5.74, 6) is 0.00469. The molecule has 6 nitrogen and oxygen atoms in total. The molecule has 1 aromatic heterocycles. The molecule has 6 heteroatoms. The zero-order valence-corrected chi connectivity index (χ0v) is 10.4. The number of para-hydroxylation sites is 2. The van der Waals surface area contributed by atoms with Crippen molar-refractivity contribution < 1.29 is 4.79 Å². The van der Waals surface area contributed by atoms with Gasteiger partial charge >= 0.3 is 0 Å². The second kappa shape index (κ2) is 5.19. The quantitative estimate of drug-likeness (QED) is 0.859. The van der Waals surface area contributed by atoms with Gasteiger partial charge in [0.05, 0.1) is 17.4 Å². The minimum absolute atomic E-state index is 0.00469. The predicted octanol–water partition coefficient (Wildman–Crippen LogP) is 0.958. The number of nitrogens with zero attached hydrogens (tertiary/aromatic N) is 3. The van der Waals surface area contributed by atoms with Crippen molar-refractivity contribution in [2.45, 2.75) is 18.9 Å². The number of hydrogen-bond acceptors (Lipinski definition) is 4. The van der Waals surface area contributed by atoms with Gasteiger partial charge in [-0.2, -0.15) is 5.10 Å². The molecule has 0 bridgehead atoms. The molecule has 0 spiro atoms. The van der Waals surface area contributed by atoms with Crippen molar-refractivity contribution in [2.24, 2.45) is 0 Å². The Morgan fingerprint density at radius 1 is 1.42 bits per heavy atom. The average Bonchev–Trinajstić information content (AvgIpc) is 3.13. The first-order valence-electron chi connectivity index (χ1n) is 6.33. The van der Waals surface area contributed by atoms with E-state index in [1.54, 1.807) is 11.0 Å². The molecule has 1 aliphatic rings. The van der Waals surface area contributed by atoms with E-state index in [1.165, 1.54) is 6.33 Å². The number of carbonyl (C=O) groups is 1. The van der Waals surface area contributed by atoms with Gasteiger partial charge in [0.1, 0.15) is 12.7 Å². The monoisotopic (exact) mass is 257 g/mol. The fourth-order valence-electron chi connectivity index (χ4n) is 2.24. The molecule has 98 valence electrons. The molecular weight excluding hydrogens is 242 g/mol. The van der Waals surface area contributed by atoms with Crippen LogP contribution in [0.15, 0.2) is 36.9 Å². The van der Waals surface area contributed by atoms with Gasteiger partial charge in [-0.3, -0.25) is 4.79 Å². The van der Waals surface area contributed by atoms with Crippen LogP contribution in [0.5, 0.6) is 0 Å². The van der Waals surface area contributed by atoms with Crippen LogP contribution in [0.25, 0.3) is 5.69 Å². The Bertz CT molecular complexity index is 560. The largest absolute Gasteiger partial charge is 0.323 e. The van der Waals surface area contributed by atoms with Crippen LogP contribution < -0.4 is 10.6 Å². The van der Waals surface area contributed by atoms with Crippen LogP contribution in [0.2, 0.25) is 0 Å². The number of rotatable bonds is 3. The molecule has 1 saturated heterocycles. The SMILES string of the molecule is O=C(Nc1ccccc1-n1cncn1)[C@H]1CCCN1. The van der Waals surface area contributed by atoms with Crippen LogP contribution in [0.1, 0.15) is 12.8 Å². The van der Waals surface area contributed by atoms with Crippen LogP contribution in [0.4, 0.5) is 5.69 Å². The van der Waals surface area contributed by atoms with E-state index in [9.17, 15) is 4.79 Å². The van der Waals surface area contributed by atoms with Gasteiger partial charge in [-0.15, -0.1) is 0 Å². The summed E-state index contributed by atoms with van der Waals surface area (Å²) in [6.07, 6.45) is 5.01. The first-order valence-corrected chi connectivity index (χ1v) is 6.33. The fourth-order valence-corrected chi connectivity index (χ4v) is 2.24. The molecule has 0 radical (unpaired) electrons. The molecule has 1 fully saturated rings. The Hall–Kier alpha value is -2.21. The van der Waals surface area contributed by atoms with Crippen molar-refractivity contribution >= 4 is 11.6 Å². The Kier molecular flexibility index (Phi) is 3.24. The Labute approximate surface area is 110 Å². The zero-order valence-electron chi connectivity index (χ0n) is 10.4. The highest BCUT2D eigenvalue weighted by Crippen LogP contribution is 2.19. The zero-order chi connectivity index (χ0) is 13.1. The number of carbonyl (C=O) groups excluding carboxylic acids is 1. The van der Waals surface area contributed by atoms with Crippen LogP contribution in [0.3, 0.4) is 0 Å². The minimum Gasteiger partial charge on any atom is -0.323 e. The molecular formula is C13H15N5O. The summed E-state index contributed by atoms with van der Waals surface area (Å²) >= 11 is 0. The van der Waals surface area contributed by atoms with Crippen molar-refractivity contribution in [3.63, 3.8) is 0 Å². The lowest BCUT2D eigenvalue weighted by atomic mass is 10.2. The molecule has 1 amide bonds. The van der Waals surface area contributed by atoms with Crippen molar-refractivity contribution in [3.8, 4) is 5.69 Å². The highest BCUT2D eigenvalue weighted by molar-refractivity contribution is 5.96. The highest BCUT2D eigenvalue weighted by Gasteiger charge is 2.22. The molecule has 3 rings (SSSR count). The standard InChI is InChI=1S/C13H15N5O/c19-13(11-5-3-7-15-11)17-10-4-1-2-6-12(10)18-9-14-8-16-18/h1-2,4,6,8-9,11,15H,3,5,7H2,(H,17,19)/t11-/m1/s1. The van der Waals surface area contributed by atoms with Gasteiger partial charge in [0.15, 0.2) is 0 Å². The van der Waals surface area contributed by atoms with Crippen LogP contribution >= 0.6 is 0 Å². The summed E-state index contributed by atoms with van der Waals surface area (Å²) in [5, 5.41) is 10.2. The molecule has 1 aromatic carbocycles. The third-order valence-electron chi connectivity index (χ3n) is 3.20. The molecule has 0 saturated carbocycles. The van der Waals surface area contributed by atoms with Crippen molar-refractivity contribution in [2.75, 3.05) is 11.9 Å². The van der Waals surface area contributed by atoms with E-state index in [0.29, 0.717) is 0 Å². The van der Waals surface area contributed by atoms with Gasteiger partial charge in [0, 0.05) is 0 Å². The van der Waals surface area contributed by atoms with Crippen molar-refractivity contribution in [1.29, 1.82) is 0 Å². The smallest absolute Gasteiger partial charge is 0.241 e. The molecule has 2 N–H and O–H groups in total. The van der Waals surface area contributed by atoms with E-state index in [0.717, 1.165) is 30.8 Å². The number of hydrogen-bond donors (Lipinski definition) is 2. The van der Waals surface area contributed by atoms with Gasteiger partial charge in [-0.25, -0.2) is 9.67 Å². The Morgan fingerprint density at radius 3 is 3.05 bits per heavy atom. The molecule has 1 aliphatic heterocycles. The number of amides is 1. The van der Waals surface area contributed by atoms with E-state index in [-0.39, 0.29) is 11.9 Å². The van der Waals surface area contributed by atoms with Gasteiger partial charge in [-0.05, 0) is 31.5 Å². The Morgan fingerprint density at radius 2 is 2.32 bits per heavy atom. The lowest BCUT2D eigenvalue weighted by Crippen LogP contribution is -2.35. The lowest BCUT2D eigenvalue weighted by Gasteiger charge is -2.14. The molecule has 1 atom stereocenters. The second-order valence-corrected chi connectivity index (χ2v) is 4.50. The summed E-state index contributed by atoms with van der Waals surface area (Å²) in [4.78, 5) is 16.0. The van der Waals surface area contributed by atoms with Gasteiger partial charge in [0.25, 0.3) is 0 Å². The first-order chi connectivity index (χ1) is 9.34. The third kappa shape index (κ3) is 2.48. The van der Waals surface area contributed by atoms with E-state index >= 15 is 0 Å². The number of nitrogens with one attached hydrogen (secondary N) is 2. The fraction of sp³-hybridized carbons (Fsp3) is 0.308. The number of anilines is 1. The summed E-state index contributed by atoms with van der Waals surface area (Å²) < 4.78 is 1.64. The van der Waals surface area contributed by atoms with Crippen LogP contribution in [-0.4, -0.2) is 33.3 Å². The summed E-state index contributed by atoms with van der Waals surface area (Å²) in [5.41, 5.74) is 1.55. The normalized spacial score (nSPS) is 18.4. The summed E-state index contributed by atoms with van der Waals surface area (Å²) in [6.45, 7) is 0.906. The van der Waals surface area contributed by atoms with Crippen molar-refractivity contribution in [3.05, 3.63) is 36.9 Å². The molecule has 2 aromatic rings. The lowest BCUT2D eigenvalue weighted by molar-refractivity contribution is -0.117. The topological polar surface area (TPSA) is 71.8 Å². The maximum Gasteiger partial charge on any atom is 0.241 e. The number of benzene rings is 1. The van der Waals surface area contributed by atoms with Crippen molar-refractivity contribution in [1.82, 2.24) is 20.1 Å². The minimum atomic E-state index is -0.0937. The molecule has 19 heavy (non-hydrogen) atoms. The molecule has 0 unspecified atom stereocenters. The molecule has 0 aliphatic carbocycles. The Balaban J connectivity index is 1.83. The van der Waals surface area contributed by atoms with Crippen LogP contribution in [-0.2, 0) is 4.79 Å². The van der Waals surface area contributed by atoms with E-state index in [1.807, 2.05) is 24.3 Å². The van der Waals surface area contributed by atoms with E-state index < -0.39 is 0 Å². The maximum absolute atomic E-state index is 12.1.